The molecule has 2 amide bonds. The molecule has 0 bridgehead atoms. The molecule has 0 spiro atoms. The molecule has 4 aromatic carbocycles. The maximum absolute atomic E-state index is 12.5. The van der Waals surface area contributed by atoms with Crippen LogP contribution >= 0.6 is 11.8 Å². The number of fused-ring (bicyclic) bond motifs is 2. The van der Waals surface area contributed by atoms with Gasteiger partial charge in [0, 0.05) is 19.6 Å². The van der Waals surface area contributed by atoms with E-state index in [1.54, 1.807) is 30.0 Å². The van der Waals surface area contributed by atoms with E-state index in [4.69, 9.17) is 0 Å². The third-order valence-corrected chi connectivity index (χ3v) is 8.25. The summed E-state index contributed by atoms with van der Waals surface area (Å²) in [4.78, 5) is 40.5. The minimum atomic E-state index is -1.27. The lowest BCUT2D eigenvalue weighted by Crippen LogP contribution is -2.11. The molecule has 0 aliphatic carbocycles. The van der Waals surface area contributed by atoms with Crippen molar-refractivity contribution < 1.29 is 23.3 Å². The fourth-order valence-corrected chi connectivity index (χ4v) is 5.85. The van der Waals surface area contributed by atoms with Gasteiger partial charge in [-0.05, 0) is 60.7 Å². The van der Waals surface area contributed by atoms with Gasteiger partial charge in [-0.3, -0.25) is 10.6 Å². The molecule has 4 N–H and O–H groups in total. The van der Waals surface area contributed by atoms with Gasteiger partial charge in [0.2, 0.25) is 11.9 Å². The molecule has 13 heteroatoms. The van der Waals surface area contributed by atoms with Crippen LogP contribution in [0, 0.1) is 0 Å². The summed E-state index contributed by atoms with van der Waals surface area (Å²) in [6.45, 7) is 0. The average molecular weight is 615 g/mol. The maximum Gasteiger partial charge on any atom is 0.413 e. The molecule has 1 unspecified atom stereocenters. The molecule has 0 saturated heterocycles. The third-order valence-electron chi connectivity index (χ3n) is 5.87. The van der Waals surface area contributed by atoms with E-state index in [9.17, 15) is 13.8 Å². The molecule has 0 aliphatic heterocycles. The molecule has 2 heterocycles. The summed E-state index contributed by atoms with van der Waals surface area (Å²) in [5.74, 6) is 0.656. The highest BCUT2D eigenvalue weighted by Gasteiger charge is 2.11. The zero-order valence-electron chi connectivity index (χ0n) is 23.0. The monoisotopic (exact) mass is 614 g/mol. The van der Waals surface area contributed by atoms with Crippen molar-refractivity contribution >= 4 is 68.7 Å². The first-order valence-corrected chi connectivity index (χ1v) is 14.8. The summed E-state index contributed by atoms with van der Waals surface area (Å²) >= 11 is 1.67. The lowest BCUT2D eigenvalue weighted by Gasteiger charge is -2.01. The number of hydrogen-bond donors (Lipinski definition) is 4. The standard InChI is InChI=1S/C15H13N3O3S.C15H13N3O2S/c1-21-15(19)18-14-16-12-8-7-11(9-13(12)17-14)22(20)10-5-3-2-4-6-10;1-20-15(19)18-14-16-12-8-7-11(9-13(12)17-14)21-10-5-3-2-4-6-10/h2-9H,1H3,(H2,16,17,18,19);2-9H,1H3,(H2,16,17,18,19). The highest BCUT2D eigenvalue weighted by molar-refractivity contribution is 7.99. The van der Waals surface area contributed by atoms with Crippen molar-refractivity contribution in [2.45, 2.75) is 19.6 Å². The van der Waals surface area contributed by atoms with Crippen LogP contribution in [-0.4, -0.2) is 50.6 Å². The number of H-pyrrole nitrogens is 2. The Hall–Kier alpha value is -5.14. The molecule has 6 rings (SSSR count). The topological polar surface area (TPSA) is 151 Å². The SMILES string of the molecule is COC(=O)Nc1nc2ccc(S(=O)c3ccccc3)cc2[nH]1.COC(=O)Nc1nc2ccc(Sc3ccccc3)cc2[nH]1. The second-order valence-corrected chi connectivity index (χ2v) is 11.4. The maximum atomic E-state index is 12.5. The van der Waals surface area contributed by atoms with E-state index in [-0.39, 0.29) is 5.95 Å². The number of ether oxygens (including phenoxy) is 2. The van der Waals surface area contributed by atoms with E-state index in [1.165, 1.54) is 19.1 Å². The number of nitrogens with zero attached hydrogens (tertiary/aromatic N) is 2. The number of hydrogen-bond acceptors (Lipinski definition) is 8. The Bertz CT molecular complexity index is 1890. The molecule has 218 valence electrons. The van der Waals surface area contributed by atoms with Crippen LogP contribution in [0.4, 0.5) is 21.5 Å². The average Bonchev–Trinajstić information content (AvgIpc) is 3.63. The minimum Gasteiger partial charge on any atom is -0.453 e. The lowest BCUT2D eigenvalue weighted by molar-refractivity contribution is 0.186. The van der Waals surface area contributed by atoms with Gasteiger partial charge in [-0.15, -0.1) is 0 Å². The number of carbonyl (C=O) groups is 2. The zero-order chi connectivity index (χ0) is 30.2. The number of imidazole rings is 2. The van der Waals surface area contributed by atoms with Crippen molar-refractivity contribution in [3.63, 3.8) is 0 Å². The van der Waals surface area contributed by atoms with Crippen molar-refractivity contribution in [3.8, 4) is 0 Å². The number of methoxy groups -OCH3 is 2. The summed E-state index contributed by atoms with van der Waals surface area (Å²) in [5, 5.41) is 4.97. The highest BCUT2D eigenvalue weighted by atomic mass is 32.2. The molecule has 0 saturated carbocycles. The first kappa shape index (κ1) is 29.4. The molecule has 0 radical (unpaired) electrons. The fraction of sp³-hybridized carbons (Fsp3) is 0.0667. The summed E-state index contributed by atoms with van der Waals surface area (Å²) < 4.78 is 21.6. The van der Waals surface area contributed by atoms with Crippen LogP contribution in [0.5, 0.6) is 0 Å². The predicted molar refractivity (Wildman–Crippen MR) is 166 cm³/mol. The number of amides is 2. The number of rotatable bonds is 6. The van der Waals surface area contributed by atoms with Crippen LogP contribution < -0.4 is 10.6 Å². The van der Waals surface area contributed by atoms with Crippen LogP contribution in [0.25, 0.3) is 22.1 Å². The molecule has 43 heavy (non-hydrogen) atoms. The molecule has 11 nitrogen and oxygen atoms in total. The van der Waals surface area contributed by atoms with Crippen LogP contribution in [0.2, 0.25) is 0 Å². The van der Waals surface area contributed by atoms with E-state index in [0.717, 1.165) is 20.8 Å². The van der Waals surface area contributed by atoms with Crippen molar-refractivity contribution in [1.82, 2.24) is 19.9 Å². The van der Waals surface area contributed by atoms with Crippen molar-refractivity contribution in [3.05, 3.63) is 97.1 Å². The van der Waals surface area contributed by atoms with E-state index < -0.39 is 23.0 Å². The Morgan fingerprint density at radius 3 is 1.79 bits per heavy atom. The Kier molecular flexibility index (Phi) is 9.34. The largest absolute Gasteiger partial charge is 0.453 e. The summed E-state index contributed by atoms with van der Waals surface area (Å²) in [5.41, 5.74) is 3.01. The number of carbonyl (C=O) groups excluding carboxylic acids is 2. The van der Waals surface area contributed by atoms with Gasteiger partial charge in [0.1, 0.15) is 0 Å². The van der Waals surface area contributed by atoms with Gasteiger partial charge in [0.15, 0.2) is 0 Å². The van der Waals surface area contributed by atoms with Gasteiger partial charge in [-0.25, -0.2) is 23.8 Å². The van der Waals surface area contributed by atoms with Crippen molar-refractivity contribution in [1.29, 1.82) is 0 Å². The van der Waals surface area contributed by atoms with Crippen LogP contribution in [0.15, 0.2) is 117 Å². The summed E-state index contributed by atoms with van der Waals surface area (Å²) in [7, 11) is 1.32. The number of aromatic amines is 2. The molecular formula is C30H26N6O5S2. The quantitative estimate of drug-likeness (QED) is 0.160. The molecular weight excluding hydrogens is 589 g/mol. The molecule has 1 atom stereocenters. The first-order valence-electron chi connectivity index (χ1n) is 12.8. The molecule has 0 aliphatic rings. The normalized spacial score (nSPS) is 11.3. The summed E-state index contributed by atoms with van der Waals surface area (Å²) in [6, 6.07) is 30.5. The smallest absolute Gasteiger partial charge is 0.413 e. The Balaban J connectivity index is 0.000000171. The van der Waals surface area contributed by atoms with Gasteiger partial charge >= 0.3 is 12.2 Å². The lowest BCUT2D eigenvalue weighted by atomic mass is 10.3. The van der Waals surface area contributed by atoms with E-state index in [2.05, 4.69) is 52.2 Å². The van der Waals surface area contributed by atoms with Crippen LogP contribution in [0.3, 0.4) is 0 Å². The zero-order valence-corrected chi connectivity index (χ0v) is 24.6. The number of aromatic nitrogens is 4. The van der Waals surface area contributed by atoms with E-state index >= 15 is 0 Å². The third kappa shape index (κ3) is 7.58. The van der Waals surface area contributed by atoms with E-state index in [0.29, 0.717) is 21.9 Å². The molecule has 6 aromatic rings. The van der Waals surface area contributed by atoms with Crippen LogP contribution in [-0.2, 0) is 20.3 Å². The first-order chi connectivity index (χ1) is 20.9. The number of nitrogens with one attached hydrogen (secondary N) is 4. The van der Waals surface area contributed by atoms with E-state index in [1.807, 2.05) is 66.7 Å². The second-order valence-electron chi connectivity index (χ2n) is 8.76. The highest BCUT2D eigenvalue weighted by Crippen LogP contribution is 2.29. The van der Waals surface area contributed by atoms with Gasteiger partial charge in [-0.2, -0.15) is 0 Å². The molecule has 2 aromatic heterocycles. The predicted octanol–water partition coefficient (Wildman–Crippen LogP) is 6.80. The summed E-state index contributed by atoms with van der Waals surface area (Å²) in [6.07, 6.45) is -1.15. The minimum absolute atomic E-state index is 0.282. The van der Waals surface area contributed by atoms with Gasteiger partial charge < -0.3 is 19.4 Å². The Morgan fingerprint density at radius 1 is 0.674 bits per heavy atom. The second kappa shape index (κ2) is 13.7. The van der Waals surface area contributed by atoms with Crippen LogP contribution in [0.1, 0.15) is 0 Å². The Labute approximate surface area is 252 Å². The number of benzene rings is 4. The van der Waals surface area contributed by atoms with Gasteiger partial charge in [0.25, 0.3) is 0 Å². The van der Waals surface area contributed by atoms with Gasteiger partial charge in [-0.1, -0.05) is 48.2 Å². The number of anilines is 2. The molecule has 0 fully saturated rings. The fourth-order valence-electron chi connectivity index (χ4n) is 3.87. The van der Waals surface area contributed by atoms with Gasteiger partial charge in [0.05, 0.1) is 47.1 Å². The Morgan fingerprint density at radius 2 is 1.21 bits per heavy atom. The van der Waals surface area contributed by atoms with Crippen molar-refractivity contribution in [2.24, 2.45) is 0 Å². The van der Waals surface area contributed by atoms with Crippen molar-refractivity contribution in [2.75, 3.05) is 24.9 Å².